The van der Waals surface area contributed by atoms with Crippen LogP contribution in [0.1, 0.15) is 98.3 Å². The smallest absolute Gasteiger partial charge is 0.317 e. The maximum atomic E-state index is 11.6. The lowest BCUT2D eigenvalue weighted by Gasteiger charge is -2.14. The third kappa shape index (κ3) is 15.8. The molecule has 4 nitrogen and oxygen atoms in total. The molecule has 0 bridgehead atoms. The van der Waals surface area contributed by atoms with Crippen LogP contribution in [-0.2, 0) is 19.1 Å². The van der Waals surface area contributed by atoms with E-state index in [0.29, 0.717) is 12.5 Å². The van der Waals surface area contributed by atoms with Crippen LogP contribution in [0.3, 0.4) is 0 Å². The summed E-state index contributed by atoms with van der Waals surface area (Å²) in [5, 5.41) is 0. The van der Waals surface area contributed by atoms with E-state index in [4.69, 9.17) is 9.47 Å². The topological polar surface area (TPSA) is 52.6 Å². The van der Waals surface area contributed by atoms with Gasteiger partial charge in [0.05, 0.1) is 12.7 Å². The predicted molar refractivity (Wildman–Crippen MR) is 97.8 cm³/mol. The van der Waals surface area contributed by atoms with E-state index < -0.39 is 11.9 Å². The van der Waals surface area contributed by atoms with Crippen LogP contribution >= 0.6 is 0 Å². The monoisotopic (exact) mass is 342 g/mol. The first-order chi connectivity index (χ1) is 11.5. The van der Waals surface area contributed by atoms with Crippen molar-refractivity contribution in [1.82, 2.24) is 0 Å². The largest absolute Gasteiger partial charge is 0.465 e. The molecule has 0 rings (SSSR count). The van der Waals surface area contributed by atoms with Gasteiger partial charge in [0, 0.05) is 0 Å². The summed E-state index contributed by atoms with van der Waals surface area (Å²) >= 11 is 0. The highest BCUT2D eigenvalue weighted by atomic mass is 16.6. The lowest BCUT2D eigenvalue weighted by atomic mass is 10.1. The van der Waals surface area contributed by atoms with Crippen LogP contribution in [0.5, 0.6) is 0 Å². The van der Waals surface area contributed by atoms with Crippen molar-refractivity contribution in [3.8, 4) is 0 Å². The van der Waals surface area contributed by atoms with Crippen LogP contribution in [0.2, 0.25) is 0 Å². The van der Waals surface area contributed by atoms with E-state index in [1.54, 1.807) is 0 Å². The second-order valence-corrected chi connectivity index (χ2v) is 7.16. The Morgan fingerprint density at radius 3 is 1.88 bits per heavy atom. The fourth-order valence-corrected chi connectivity index (χ4v) is 2.75. The maximum absolute atomic E-state index is 11.6. The van der Waals surface area contributed by atoms with Crippen LogP contribution in [0.4, 0.5) is 0 Å². The van der Waals surface area contributed by atoms with Gasteiger partial charge >= 0.3 is 11.9 Å². The zero-order chi connectivity index (χ0) is 18.2. The molecule has 0 spiro atoms. The van der Waals surface area contributed by atoms with Crippen LogP contribution in [0.15, 0.2) is 0 Å². The second kappa shape index (κ2) is 15.5. The highest BCUT2D eigenvalue weighted by Gasteiger charge is 2.15. The van der Waals surface area contributed by atoms with Gasteiger partial charge in [-0.25, -0.2) is 0 Å². The molecule has 142 valence electrons. The fraction of sp³-hybridized carbons (Fsp3) is 0.900. The van der Waals surface area contributed by atoms with Gasteiger partial charge in [0.25, 0.3) is 0 Å². The highest BCUT2D eigenvalue weighted by molar-refractivity contribution is 5.91. The first-order valence-electron chi connectivity index (χ1n) is 9.80. The van der Waals surface area contributed by atoms with Gasteiger partial charge in [-0.2, -0.15) is 0 Å². The number of carbonyl (C=O) groups excluding carboxylic acids is 2. The first-order valence-corrected chi connectivity index (χ1v) is 9.80. The average Bonchev–Trinajstić information content (AvgIpc) is 2.47. The number of hydrogen-bond donors (Lipinski definition) is 0. The van der Waals surface area contributed by atoms with E-state index >= 15 is 0 Å². The molecule has 0 fully saturated rings. The molecule has 0 aliphatic carbocycles. The van der Waals surface area contributed by atoms with Crippen molar-refractivity contribution in [3.05, 3.63) is 0 Å². The number of esters is 2. The van der Waals surface area contributed by atoms with Gasteiger partial charge in [-0.3, -0.25) is 9.59 Å². The molecule has 1 unspecified atom stereocenters. The molecular weight excluding hydrogens is 304 g/mol. The van der Waals surface area contributed by atoms with Crippen molar-refractivity contribution in [1.29, 1.82) is 0 Å². The molecule has 0 aromatic rings. The lowest BCUT2D eigenvalue weighted by molar-refractivity contribution is -0.157. The fourth-order valence-electron chi connectivity index (χ4n) is 2.75. The van der Waals surface area contributed by atoms with Crippen LogP contribution in [0.25, 0.3) is 0 Å². The van der Waals surface area contributed by atoms with Gasteiger partial charge in [-0.1, -0.05) is 72.1 Å². The van der Waals surface area contributed by atoms with Gasteiger partial charge in [-0.05, 0) is 25.7 Å². The minimum absolute atomic E-state index is 0.150. The molecule has 0 aliphatic rings. The van der Waals surface area contributed by atoms with Crippen molar-refractivity contribution in [2.75, 3.05) is 6.61 Å². The molecule has 0 aromatic carbocycles. The molecule has 0 radical (unpaired) electrons. The SMILES string of the molecule is CCCCCCCCCCCOC(=O)CC(=O)OC(C)CC(C)C. The van der Waals surface area contributed by atoms with E-state index in [1.165, 1.54) is 44.9 Å². The molecule has 0 saturated carbocycles. The molecule has 0 aliphatic heterocycles. The van der Waals surface area contributed by atoms with Crippen LogP contribution in [-0.4, -0.2) is 24.6 Å². The van der Waals surface area contributed by atoms with E-state index in [0.717, 1.165) is 19.3 Å². The van der Waals surface area contributed by atoms with Gasteiger partial charge in [0.15, 0.2) is 0 Å². The molecule has 1 atom stereocenters. The summed E-state index contributed by atoms with van der Waals surface area (Å²) < 4.78 is 10.3. The van der Waals surface area contributed by atoms with Gasteiger partial charge in [0.2, 0.25) is 0 Å². The van der Waals surface area contributed by atoms with E-state index in [2.05, 4.69) is 20.8 Å². The quantitative estimate of drug-likeness (QED) is 0.226. The number of ether oxygens (including phenoxy) is 2. The second-order valence-electron chi connectivity index (χ2n) is 7.16. The Kier molecular flexibility index (Phi) is 14.8. The van der Waals surface area contributed by atoms with Crippen molar-refractivity contribution < 1.29 is 19.1 Å². The number of unbranched alkanes of at least 4 members (excludes halogenated alkanes) is 8. The molecular formula is C20H38O4. The van der Waals surface area contributed by atoms with E-state index in [1.807, 2.05) is 6.92 Å². The lowest BCUT2D eigenvalue weighted by Crippen LogP contribution is -2.20. The third-order valence-corrected chi connectivity index (χ3v) is 3.94. The number of carbonyl (C=O) groups is 2. The summed E-state index contributed by atoms with van der Waals surface area (Å²) in [4.78, 5) is 23.2. The highest BCUT2D eigenvalue weighted by Crippen LogP contribution is 2.10. The summed E-state index contributed by atoms with van der Waals surface area (Å²) in [6.07, 6.45) is 11.4. The Bertz CT molecular complexity index is 326. The van der Waals surface area contributed by atoms with E-state index in [-0.39, 0.29) is 12.5 Å². The Labute approximate surface area is 148 Å². The van der Waals surface area contributed by atoms with Gasteiger partial charge < -0.3 is 9.47 Å². The summed E-state index contributed by atoms with van der Waals surface area (Å²) in [7, 11) is 0. The minimum atomic E-state index is -0.486. The zero-order valence-corrected chi connectivity index (χ0v) is 16.3. The van der Waals surface area contributed by atoms with Crippen LogP contribution < -0.4 is 0 Å². The van der Waals surface area contributed by atoms with Crippen molar-refractivity contribution in [2.24, 2.45) is 5.92 Å². The zero-order valence-electron chi connectivity index (χ0n) is 16.3. The Balaban J connectivity index is 3.47. The van der Waals surface area contributed by atoms with Crippen LogP contribution in [0, 0.1) is 5.92 Å². The molecule has 0 N–H and O–H groups in total. The number of hydrogen-bond acceptors (Lipinski definition) is 4. The van der Waals surface area contributed by atoms with E-state index in [9.17, 15) is 9.59 Å². The minimum Gasteiger partial charge on any atom is -0.465 e. The summed E-state index contributed by atoms with van der Waals surface area (Å²) in [5.41, 5.74) is 0. The molecule has 0 aromatic heterocycles. The van der Waals surface area contributed by atoms with Gasteiger partial charge in [0.1, 0.15) is 6.42 Å². The van der Waals surface area contributed by atoms with Crippen molar-refractivity contribution in [3.63, 3.8) is 0 Å². The average molecular weight is 343 g/mol. The normalized spacial score (nSPS) is 12.2. The van der Waals surface area contributed by atoms with Gasteiger partial charge in [-0.15, -0.1) is 0 Å². The van der Waals surface area contributed by atoms with Crippen molar-refractivity contribution >= 4 is 11.9 Å². The predicted octanol–water partition coefficient (Wildman–Crippen LogP) is 5.43. The third-order valence-electron chi connectivity index (χ3n) is 3.94. The Morgan fingerprint density at radius 2 is 1.33 bits per heavy atom. The summed E-state index contributed by atoms with van der Waals surface area (Å²) in [5.74, 6) is -0.497. The molecule has 0 heterocycles. The molecule has 4 heteroatoms. The Morgan fingerprint density at radius 1 is 0.792 bits per heavy atom. The molecule has 0 amide bonds. The van der Waals surface area contributed by atoms with Crippen molar-refractivity contribution in [2.45, 2.75) is 104 Å². The summed E-state index contributed by atoms with van der Waals surface area (Å²) in [6.45, 7) is 8.63. The molecule has 0 saturated heterocycles. The maximum Gasteiger partial charge on any atom is 0.317 e. The summed E-state index contributed by atoms with van der Waals surface area (Å²) in [6, 6.07) is 0. The number of rotatable bonds is 15. The standard InChI is InChI=1S/C20H38O4/c1-5-6-7-8-9-10-11-12-13-14-23-19(21)16-20(22)24-18(4)15-17(2)3/h17-18H,5-16H2,1-4H3. The molecule has 24 heavy (non-hydrogen) atoms. The first kappa shape index (κ1) is 22.9. The Hall–Kier alpha value is -1.06.